The number of benzene rings is 1. The van der Waals surface area contributed by atoms with Gasteiger partial charge in [-0.25, -0.2) is 9.59 Å². The van der Waals surface area contributed by atoms with Gasteiger partial charge in [-0.1, -0.05) is 18.2 Å². The van der Waals surface area contributed by atoms with Gasteiger partial charge in [-0.2, -0.15) is 0 Å². The van der Waals surface area contributed by atoms with E-state index in [2.05, 4.69) is 4.98 Å². The van der Waals surface area contributed by atoms with Crippen LogP contribution in [0.4, 0.5) is 0 Å². The SMILES string of the molecule is CSCOC1CC(n2cc(C)c(=O)[nH]c2=O)OC1COC(=O)c1ccccc1. The van der Waals surface area contributed by atoms with Crippen molar-refractivity contribution < 1.29 is 19.0 Å². The lowest BCUT2D eigenvalue weighted by atomic mass is 10.2. The zero-order valence-corrected chi connectivity index (χ0v) is 16.4. The molecule has 9 heteroatoms. The highest BCUT2D eigenvalue weighted by atomic mass is 32.2. The van der Waals surface area contributed by atoms with E-state index in [0.717, 1.165) is 0 Å². The third-order valence-corrected chi connectivity index (χ3v) is 4.80. The second kappa shape index (κ2) is 9.22. The van der Waals surface area contributed by atoms with Crippen LogP contribution in [-0.4, -0.2) is 46.5 Å². The summed E-state index contributed by atoms with van der Waals surface area (Å²) in [5.41, 5.74) is -0.122. The molecule has 0 bridgehead atoms. The van der Waals surface area contributed by atoms with Crippen molar-refractivity contribution in [3.05, 3.63) is 68.5 Å². The summed E-state index contributed by atoms with van der Waals surface area (Å²) in [6, 6.07) is 8.68. The summed E-state index contributed by atoms with van der Waals surface area (Å²) < 4.78 is 18.5. The third-order valence-electron chi connectivity index (χ3n) is 4.42. The second-order valence-corrected chi connectivity index (χ2v) is 7.23. The highest BCUT2D eigenvalue weighted by Gasteiger charge is 2.38. The molecule has 0 amide bonds. The zero-order chi connectivity index (χ0) is 20.1. The van der Waals surface area contributed by atoms with E-state index in [0.29, 0.717) is 23.5 Å². The highest BCUT2D eigenvalue weighted by Crippen LogP contribution is 2.30. The van der Waals surface area contributed by atoms with Crippen molar-refractivity contribution >= 4 is 17.7 Å². The molecule has 1 N–H and O–H groups in total. The molecule has 3 atom stereocenters. The van der Waals surface area contributed by atoms with Crippen LogP contribution in [0.1, 0.15) is 28.6 Å². The first-order chi connectivity index (χ1) is 13.5. The first kappa shape index (κ1) is 20.4. The van der Waals surface area contributed by atoms with Crippen LogP contribution in [0.5, 0.6) is 0 Å². The van der Waals surface area contributed by atoms with Gasteiger partial charge in [0.15, 0.2) is 0 Å². The van der Waals surface area contributed by atoms with Crippen molar-refractivity contribution in [2.75, 3.05) is 18.8 Å². The maximum atomic E-state index is 12.2. The molecule has 0 radical (unpaired) electrons. The van der Waals surface area contributed by atoms with Gasteiger partial charge in [0.2, 0.25) is 0 Å². The van der Waals surface area contributed by atoms with Crippen LogP contribution in [0.3, 0.4) is 0 Å². The van der Waals surface area contributed by atoms with Crippen LogP contribution in [0.2, 0.25) is 0 Å². The minimum absolute atomic E-state index is 0.000358. The van der Waals surface area contributed by atoms with Gasteiger partial charge >= 0.3 is 11.7 Å². The molecule has 1 saturated heterocycles. The number of ether oxygens (including phenoxy) is 3. The van der Waals surface area contributed by atoms with Crippen molar-refractivity contribution in [3.63, 3.8) is 0 Å². The number of aromatic amines is 1. The zero-order valence-electron chi connectivity index (χ0n) is 15.6. The number of hydrogen-bond acceptors (Lipinski definition) is 7. The first-order valence-corrected chi connectivity index (χ1v) is 10.2. The smallest absolute Gasteiger partial charge is 0.338 e. The van der Waals surface area contributed by atoms with Crippen LogP contribution in [0.15, 0.2) is 46.1 Å². The van der Waals surface area contributed by atoms with Gasteiger partial charge in [0.1, 0.15) is 18.9 Å². The average molecular weight is 406 g/mol. The Morgan fingerprint density at radius 2 is 2.07 bits per heavy atom. The maximum Gasteiger partial charge on any atom is 0.338 e. The lowest BCUT2D eigenvalue weighted by Gasteiger charge is -2.18. The molecule has 2 heterocycles. The summed E-state index contributed by atoms with van der Waals surface area (Å²) in [6.07, 6.45) is 2.29. The fourth-order valence-electron chi connectivity index (χ4n) is 2.97. The quantitative estimate of drug-likeness (QED) is 0.552. The second-order valence-electron chi connectivity index (χ2n) is 6.42. The Morgan fingerprint density at radius 3 is 2.79 bits per heavy atom. The monoisotopic (exact) mass is 406 g/mol. The number of hydrogen-bond donors (Lipinski definition) is 1. The van der Waals surface area contributed by atoms with Crippen LogP contribution < -0.4 is 11.2 Å². The number of H-pyrrole nitrogens is 1. The molecule has 1 fully saturated rings. The number of esters is 1. The van der Waals surface area contributed by atoms with Crippen LogP contribution in [-0.2, 0) is 14.2 Å². The molecule has 0 saturated carbocycles. The number of carbonyl (C=O) groups excluding carboxylic acids is 1. The minimum atomic E-state index is -0.615. The Labute approximate surface area is 165 Å². The minimum Gasteiger partial charge on any atom is -0.459 e. The van der Waals surface area contributed by atoms with E-state index in [1.165, 1.54) is 22.5 Å². The number of carbonyl (C=O) groups is 1. The van der Waals surface area contributed by atoms with Gasteiger partial charge in [0, 0.05) is 18.2 Å². The lowest BCUT2D eigenvalue weighted by Crippen LogP contribution is -2.33. The molecule has 3 unspecified atom stereocenters. The average Bonchev–Trinajstić information content (AvgIpc) is 3.10. The number of aryl methyl sites for hydroxylation is 1. The fourth-order valence-corrected chi connectivity index (χ4v) is 3.28. The van der Waals surface area contributed by atoms with Gasteiger partial charge in [-0.3, -0.25) is 14.3 Å². The van der Waals surface area contributed by atoms with E-state index in [9.17, 15) is 14.4 Å². The Balaban J connectivity index is 1.72. The molecule has 0 aliphatic carbocycles. The Kier molecular flexibility index (Phi) is 6.71. The molecule has 1 aliphatic rings. The van der Waals surface area contributed by atoms with Crippen molar-refractivity contribution in [2.24, 2.45) is 0 Å². The molecule has 2 aromatic rings. The highest BCUT2D eigenvalue weighted by molar-refractivity contribution is 7.98. The Hall–Kier alpha value is -2.36. The van der Waals surface area contributed by atoms with E-state index in [4.69, 9.17) is 14.2 Å². The molecule has 1 aromatic carbocycles. The van der Waals surface area contributed by atoms with Gasteiger partial charge < -0.3 is 14.2 Å². The summed E-state index contributed by atoms with van der Waals surface area (Å²) in [5, 5.41) is 0. The van der Waals surface area contributed by atoms with Gasteiger partial charge in [-0.15, -0.1) is 11.8 Å². The fraction of sp³-hybridized carbons (Fsp3) is 0.421. The Bertz CT molecular complexity index is 926. The molecular formula is C19H22N2O6S. The predicted molar refractivity (Wildman–Crippen MR) is 105 cm³/mol. The standard InChI is InChI=1S/C19H22N2O6S/c1-12-9-21(19(24)20-17(12)22)16-8-14(26-11-28-2)15(27-16)10-25-18(23)13-6-4-3-5-7-13/h3-7,9,14-16H,8,10-11H2,1-2H3,(H,20,22,24). The van der Waals surface area contributed by atoms with E-state index >= 15 is 0 Å². The normalized spacial score (nSPS) is 21.6. The maximum absolute atomic E-state index is 12.2. The third kappa shape index (κ3) is 4.73. The molecule has 28 heavy (non-hydrogen) atoms. The van der Waals surface area contributed by atoms with Crippen molar-refractivity contribution in [1.29, 1.82) is 0 Å². The number of nitrogens with one attached hydrogen (secondary N) is 1. The summed E-state index contributed by atoms with van der Waals surface area (Å²) >= 11 is 1.51. The predicted octanol–water partition coefficient (Wildman–Crippen LogP) is 1.70. The lowest BCUT2D eigenvalue weighted by molar-refractivity contribution is -0.0616. The Morgan fingerprint density at radius 1 is 1.32 bits per heavy atom. The number of nitrogens with zero attached hydrogens (tertiary/aromatic N) is 1. The van der Waals surface area contributed by atoms with Gasteiger partial charge in [0.05, 0.1) is 17.6 Å². The summed E-state index contributed by atoms with van der Waals surface area (Å²) in [7, 11) is 0. The number of aromatic nitrogens is 2. The molecule has 8 nitrogen and oxygen atoms in total. The summed E-state index contributed by atoms with van der Waals surface area (Å²) in [4.78, 5) is 38.2. The molecule has 1 aromatic heterocycles. The van der Waals surface area contributed by atoms with Crippen LogP contribution in [0.25, 0.3) is 0 Å². The first-order valence-electron chi connectivity index (χ1n) is 8.80. The number of rotatable bonds is 7. The topological polar surface area (TPSA) is 99.6 Å². The number of thioether (sulfide) groups is 1. The van der Waals surface area contributed by atoms with Gasteiger partial charge in [-0.05, 0) is 25.3 Å². The van der Waals surface area contributed by atoms with E-state index in [1.54, 1.807) is 31.2 Å². The van der Waals surface area contributed by atoms with Crippen LogP contribution >= 0.6 is 11.8 Å². The molecule has 1 aliphatic heterocycles. The van der Waals surface area contributed by atoms with Crippen molar-refractivity contribution in [2.45, 2.75) is 31.8 Å². The van der Waals surface area contributed by atoms with E-state index in [-0.39, 0.29) is 12.7 Å². The largest absolute Gasteiger partial charge is 0.459 e. The van der Waals surface area contributed by atoms with E-state index in [1.807, 2.05) is 12.3 Å². The molecule has 0 spiro atoms. The van der Waals surface area contributed by atoms with Crippen LogP contribution in [0, 0.1) is 6.92 Å². The summed E-state index contributed by atoms with van der Waals surface area (Å²) in [6.45, 7) is 1.62. The van der Waals surface area contributed by atoms with Crippen molar-refractivity contribution in [3.8, 4) is 0 Å². The van der Waals surface area contributed by atoms with E-state index < -0.39 is 29.6 Å². The van der Waals surface area contributed by atoms with Crippen molar-refractivity contribution in [1.82, 2.24) is 9.55 Å². The summed E-state index contributed by atoms with van der Waals surface area (Å²) in [5.74, 6) is -0.00279. The van der Waals surface area contributed by atoms with Gasteiger partial charge in [0.25, 0.3) is 5.56 Å². The molecule has 150 valence electrons. The molecule has 3 rings (SSSR count). The molecular weight excluding hydrogens is 384 g/mol.